The Morgan fingerprint density at radius 3 is 2.06 bits per heavy atom. The first kappa shape index (κ1) is 26.7. The Morgan fingerprint density at radius 2 is 1.68 bits per heavy atom. The van der Waals surface area contributed by atoms with Crippen molar-refractivity contribution in [2.45, 2.75) is 46.5 Å². The molecule has 0 atom stereocenters. The first-order valence-corrected chi connectivity index (χ1v) is 13.4. The van der Waals surface area contributed by atoms with Crippen molar-refractivity contribution < 1.29 is 40.9 Å². The molecule has 0 spiro atoms. The first-order valence-electron chi connectivity index (χ1n) is 10.00. The maximum atomic E-state index is 11.6. The van der Waals surface area contributed by atoms with E-state index in [0.29, 0.717) is 25.6 Å². The minimum absolute atomic E-state index is 0.225. The fourth-order valence-electron chi connectivity index (χ4n) is 2.91. The fourth-order valence-corrected chi connectivity index (χ4v) is 4.47. The molecule has 4 N–H and O–H groups in total. The molecule has 1 saturated carbocycles. The van der Waals surface area contributed by atoms with Crippen molar-refractivity contribution in [3.8, 4) is 5.75 Å². The molecular formula is C20H30AsNO9. The van der Waals surface area contributed by atoms with Crippen LogP contribution >= 0.6 is 0 Å². The van der Waals surface area contributed by atoms with E-state index in [9.17, 15) is 23.2 Å². The number of carbonyl (C=O) groups excluding carboxylic acids is 3. The summed E-state index contributed by atoms with van der Waals surface area (Å²) < 4.78 is 38.6. The Labute approximate surface area is 183 Å². The molecule has 31 heavy (non-hydrogen) atoms. The van der Waals surface area contributed by atoms with Crippen LogP contribution in [-0.4, -0.2) is 58.5 Å². The number of hydrogen-bond donors (Lipinski definition) is 4. The van der Waals surface area contributed by atoms with E-state index in [4.69, 9.17) is 17.7 Å². The van der Waals surface area contributed by atoms with Crippen LogP contribution in [0.4, 0.5) is 5.69 Å². The third-order valence-corrected chi connectivity index (χ3v) is 6.67. The molecule has 1 aromatic carbocycles. The number of ether oxygens (including phenoxy) is 2. The van der Waals surface area contributed by atoms with Crippen molar-refractivity contribution in [3.05, 3.63) is 18.2 Å². The van der Waals surface area contributed by atoms with Gasteiger partial charge in [-0.25, -0.2) is 0 Å². The molecule has 0 bridgehead atoms. The number of anilines is 1. The van der Waals surface area contributed by atoms with Gasteiger partial charge in [-0.2, -0.15) is 0 Å². The Balaban J connectivity index is 0.000000311. The molecule has 1 aliphatic carbocycles. The third kappa shape index (κ3) is 8.77. The number of para-hydroxylation sites is 1. The molecular weight excluding hydrogens is 473 g/mol. The molecule has 0 aromatic heterocycles. The van der Waals surface area contributed by atoms with Gasteiger partial charge in [0.05, 0.1) is 13.2 Å². The Morgan fingerprint density at radius 1 is 1.13 bits per heavy atom. The monoisotopic (exact) mass is 503 g/mol. The van der Waals surface area contributed by atoms with Gasteiger partial charge in [0.15, 0.2) is 5.92 Å². The Kier molecular flexibility index (Phi) is 10.8. The van der Waals surface area contributed by atoms with Gasteiger partial charge in [-0.15, -0.1) is 0 Å². The van der Waals surface area contributed by atoms with E-state index in [1.54, 1.807) is 13.8 Å². The van der Waals surface area contributed by atoms with E-state index in [0.717, 1.165) is 12.8 Å². The molecule has 1 aliphatic rings. The minimum Gasteiger partial charge on any atom is -0.465 e. The summed E-state index contributed by atoms with van der Waals surface area (Å²) in [5, 5.41) is 11.5. The van der Waals surface area contributed by atoms with Crippen LogP contribution in [0.3, 0.4) is 0 Å². The van der Waals surface area contributed by atoms with Gasteiger partial charge in [0.1, 0.15) is 0 Å². The first-order chi connectivity index (χ1) is 14.5. The molecule has 2 rings (SSSR count). The van der Waals surface area contributed by atoms with Gasteiger partial charge < -0.3 is 9.47 Å². The molecule has 1 aromatic rings. The summed E-state index contributed by atoms with van der Waals surface area (Å²) in [5.41, 5.74) is -0.225. The normalized spacial score (nSPS) is 13.5. The largest absolute Gasteiger partial charge is 0.465 e. The summed E-state index contributed by atoms with van der Waals surface area (Å²) in [6.45, 7) is 5.27. The zero-order chi connectivity index (χ0) is 23.6. The van der Waals surface area contributed by atoms with Gasteiger partial charge in [0, 0.05) is 0 Å². The Bertz CT molecular complexity index is 799. The minimum atomic E-state index is -5.14. The second-order valence-electron chi connectivity index (χ2n) is 6.99. The van der Waals surface area contributed by atoms with E-state index in [2.05, 4.69) is 5.32 Å². The number of nitrogens with one attached hydrogen (secondary N) is 1. The van der Waals surface area contributed by atoms with Crippen LogP contribution in [0.2, 0.25) is 0 Å². The number of amides is 1. The van der Waals surface area contributed by atoms with Gasteiger partial charge in [-0.05, 0) is 26.2 Å². The second-order valence-corrected chi connectivity index (χ2v) is 10.3. The number of hydrogen-bond acceptors (Lipinski definition) is 7. The summed E-state index contributed by atoms with van der Waals surface area (Å²) in [6, 6.07) is 3.71. The van der Waals surface area contributed by atoms with E-state index in [1.807, 2.05) is 0 Å². The summed E-state index contributed by atoms with van der Waals surface area (Å²) in [5.74, 6) is -1.99. The van der Waals surface area contributed by atoms with Crippen LogP contribution in [0.25, 0.3) is 0 Å². The smallest absolute Gasteiger partial charge is 0.320 e. The van der Waals surface area contributed by atoms with Crippen LogP contribution in [0.1, 0.15) is 46.5 Å². The molecule has 1 fully saturated rings. The number of phenols is 1. The number of phenolic OH excluding ortho intramolecular Hbond substituents is 1. The van der Waals surface area contributed by atoms with Gasteiger partial charge in [0.2, 0.25) is 0 Å². The summed E-state index contributed by atoms with van der Waals surface area (Å²) in [6.07, 6.45) is 3.99. The van der Waals surface area contributed by atoms with Crippen molar-refractivity contribution in [2.24, 2.45) is 11.8 Å². The van der Waals surface area contributed by atoms with Crippen molar-refractivity contribution in [2.75, 3.05) is 18.5 Å². The zero-order valence-corrected chi connectivity index (χ0v) is 19.7. The molecule has 1 amide bonds. The Hall–Kier alpha value is -2.29. The topological polar surface area (TPSA) is 159 Å². The zero-order valence-electron chi connectivity index (χ0n) is 17.9. The van der Waals surface area contributed by atoms with Crippen LogP contribution in [0, 0.1) is 11.8 Å². The molecule has 0 aliphatic heterocycles. The number of benzene rings is 1. The maximum absolute atomic E-state index is 11.6. The summed E-state index contributed by atoms with van der Waals surface area (Å²) in [7, 11) is 0. The molecule has 0 radical (unpaired) electrons. The van der Waals surface area contributed by atoms with Crippen LogP contribution in [0.5, 0.6) is 5.75 Å². The van der Waals surface area contributed by atoms with Crippen LogP contribution in [0.15, 0.2) is 18.2 Å². The number of carbonyl (C=O) groups is 3. The number of rotatable bonds is 8. The van der Waals surface area contributed by atoms with Gasteiger partial charge in [-0.3, -0.25) is 9.59 Å². The standard InChI is InChI=1S/C12H20O4.C8H10AsNO5/c1-3-15-11(13)10(12(14)16-4-2)8-9-6-5-7-9;1-5(11)10-8-6(9(13,14)15)3-2-4-7(8)12/h9-10H,3-8H2,1-2H3;2-4,12H,1H3,(H,10,11)(H2,13,14,15). The number of aromatic hydroxyl groups is 1. The SMILES string of the molecule is CC(=O)Nc1c(O)cccc1[As](=O)(O)O.CCOC(=O)C(CC1CCC1)C(=O)OCC. The third-order valence-electron chi connectivity index (χ3n) is 4.57. The van der Waals surface area contributed by atoms with Gasteiger partial charge in [-0.1, -0.05) is 19.3 Å². The van der Waals surface area contributed by atoms with Crippen molar-refractivity contribution >= 4 is 42.1 Å². The molecule has 0 saturated heterocycles. The van der Waals surface area contributed by atoms with Gasteiger partial charge in [0.25, 0.3) is 0 Å². The molecule has 10 nitrogen and oxygen atoms in total. The van der Waals surface area contributed by atoms with E-state index in [-0.39, 0.29) is 15.8 Å². The quantitative estimate of drug-likeness (QED) is 0.174. The summed E-state index contributed by atoms with van der Waals surface area (Å²) in [4.78, 5) is 34.0. The predicted molar refractivity (Wildman–Crippen MR) is 112 cm³/mol. The van der Waals surface area contributed by atoms with Gasteiger partial charge >= 0.3 is 100 Å². The fraction of sp³-hybridized carbons (Fsp3) is 0.550. The molecule has 0 unspecified atom stereocenters. The maximum Gasteiger partial charge on any atom is 0.320 e. The number of esters is 2. The van der Waals surface area contributed by atoms with Crippen LogP contribution < -0.4 is 9.67 Å². The van der Waals surface area contributed by atoms with Crippen LogP contribution in [-0.2, 0) is 27.6 Å². The average Bonchev–Trinajstić information content (AvgIpc) is 2.62. The second kappa shape index (κ2) is 12.5. The summed E-state index contributed by atoms with van der Waals surface area (Å²) >= 11 is -5.14. The van der Waals surface area contributed by atoms with E-state index >= 15 is 0 Å². The van der Waals surface area contributed by atoms with Crippen molar-refractivity contribution in [1.29, 1.82) is 0 Å². The van der Waals surface area contributed by atoms with E-state index < -0.39 is 37.9 Å². The van der Waals surface area contributed by atoms with Crippen molar-refractivity contribution in [1.82, 2.24) is 0 Å². The molecule has 11 heteroatoms. The molecule has 0 heterocycles. The van der Waals surface area contributed by atoms with Crippen molar-refractivity contribution in [3.63, 3.8) is 0 Å². The van der Waals surface area contributed by atoms with E-state index in [1.165, 1.54) is 31.5 Å². The average molecular weight is 503 g/mol. The predicted octanol–water partition coefficient (Wildman–Crippen LogP) is 0.831. The molecule has 174 valence electrons.